The van der Waals surface area contributed by atoms with Crippen molar-refractivity contribution < 1.29 is 48.0 Å². The van der Waals surface area contributed by atoms with Gasteiger partial charge in [0.25, 0.3) is 0 Å². The minimum Gasteiger partial charge on any atom is -1.00 e. The minimum absolute atomic E-state index is 0. The number of halogens is 2. The van der Waals surface area contributed by atoms with Crippen molar-refractivity contribution in [1.82, 2.24) is 0 Å². The van der Waals surface area contributed by atoms with Crippen molar-refractivity contribution in [3.05, 3.63) is 66.3 Å². The van der Waals surface area contributed by atoms with E-state index in [9.17, 15) is 0 Å². The summed E-state index contributed by atoms with van der Waals surface area (Å²) in [5, 5.41) is 0. The van der Waals surface area contributed by atoms with Crippen molar-refractivity contribution in [2.45, 2.75) is 11.3 Å². The summed E-state index contributed by atoms with van der Waals surface area (Å²) in [6, 6.07) is 0. The Kier molecular flexibility index (Phi) is 12.1. The van der Waals surface area contributed by atoms with E-state index >= 15 is 0 Å². The molecule has 0 bridgehead atoms. The molecule has 2 aliphatic heterocycles. The van der Waals surface area contributed by atoms with Crippen molar-refractivity contribution in [2.75, 3.05) is 0 Å². The average molecular weight is 592 g/mol. The fourth-order valence-corrected chi connectivity index (χ4v) is 36.3. The van der Waals surface area contributed by atoms with Gasteiger partial charge >= 0.3 is 163 Å². The quantitative estimate of drug-likeness (QED) is 0.440. The first-order chi connectivity index (χ1) is 11.4. The van der Waals surface area contributed by atoms with Gasteiger partial charge in [0.1, 0.15) is 0 Å². The van der Waals surface area contributed by atoms with Crippen LogP contribution in [0.15, 0.2) is 66.3 Å². The van der Waals surface area contributed by atoms with Crippen molar-refractivity contribution in [2.24, 2.45) is 0 Å². The van der Waals surface area contributed by atoms with Gasteiger partial charge in [0, 0.05) is 0 Å². The van der Waals surface area contributed by atoms with Gasteiger partial charge in [-0.05, 0) is 0 Å². The van der Waals surface area contributed by atoms with Gasteiger partial charge in [-0.1, -0.05) is 0 Å². The van der Waals surface area contributed by atoms with Gasteiger partial charge < -0.3 is 24.8 Å². The third-order valence-corrected chi connectivity index (χ3v) is 32.2. The van der Waals surface area contributed by atoms with Crippen LogP contribution in [-0.2, 0) is 23.2 Å². The molecule has 2 heterocycles. The molecule has 6 unspecified atom stereocenters. The van der Waals surface area contributed by atoms with E-state index in [1.54, 1.807) is 15.1 Å². The molecule has 2 aliphatic carbocycles. The zero-order valence-corrected chi connectivity index (χ0v) is 24.2. The van der Waals surface area contributed by atoms with Crippen LogP contribution < -0.4 is 24.8 Å². The van der Waals surface area contributed by atoms with Gasteiger partial charge in [0.15, 0.2) is 0 Å². The number of rotatable bonds is 4. The van der Waals surface area contributed by atoms with Gasteiger partial charge in [-0.15, -0.1) is 0 Å². The molecule has 0 aromatic rings. The fraction of sp³-hybridized carbons (Fsp3) is 0.143. The Morgan fingerprint density at radius 1 is 0.800 bits per heavy atom. The van der Waals surface area contributed by atoms with Gasteiger partial charge in [-0.2, -0.15) is 0 Å². The molecule has 0 spiro atoms. The number of hydrogen-bond acceptors (Lipinski definition) is 0. The number of allylic oxidation sites excluding steroid dienone is 8. The first kappa shape index (κ1) is 24.1. The van der Waals surface area contributed by atoms with Crippen molar-refractivity contribution in [3.63, 3.8) is 0 Å². The van der Waals surface area contributed by atoms with Crippen LogP contribution in [-0.4, -0.2) is 11.3 Å². The standard InChI is InChI=1S/2C7H7P4.2ClH.Zr/c2*1-2-4-7(3-1)11-6-5-8-9-10-11;;;/h2*1-3,5-7,10H;2*1H;/q;;;;+2/p-2. The van der Waals surface area contributed by atoms with Crippen LogP contribution in [0.2, 0.25) is 0 Å². The third-order valence-electron chi connectivity index (χ3n) is 3.69. The van der Waals surface area contributed by atoms with E-state index in [0.29, 0.717) is 0 Å². The molecular formula is C14H14Cl2P8Zr. The molecule has 0 aromatic carbocycles. The summed E-state index contributed by atoms with van der Waals surface area (Å²) in [4.78, 5) is 0. The van der Waals surface area contributed by atoms with Crippen molar-refractivity contribution >= 4 is 62.0 Å². The Morgan fingerprint density at radius 2 is 1.28 bits per heavy atom. The maximum Gasteiger partial charge on any atom is -1.00 e. The van der Waals surface area contributed by atoms with E-state index in [0.717, 1.165) is 27.2 Å². The van der Waals surface area contributed by atoms with E-state index in [4.69, 9.17) is 0 Å². The monoisotopic (exact) mass is 590 g/mol. The third kappa shape index (κ3) is 6.40. The molecular weight excluding hydrogens is 578 g/mol. The largest absolute Gasteiger partial charge is 1.00 e. The Labute approximate surface area is 186 Å². The minimum atomic E-state index is -0.588. The molecule has 4 aliphatic rings. The molecule has 4 rings (SSSR count). The normalized spacial score (nSPS) is 35.7. The smallest absolute Gasteiger partial charge is 1.00 e. The van der Waals surface area contributed by atoms with Crippen molar-refractivity contribution in [1.29, 1.82) is 0 Å². The van der Waals surface area contributed by atoms with Gasteiger partial charge in [-0.25, -0.2) is 0 Å². The summed E-state index contributed by atoms with van der Waals surface area (Å²) in [5.41, 5.74) is 1.59. The van der Waals surface area contributed by atoms with Crippen LogP contribution in [0.25, 0.3) is 0 Å². The summed E-state index contributed by atoms with van der Waals surface area (Å²) in [6.07, 6.45) is 14.7. The van der Waals surface area contributed by atoms with E-state index < -0.39 is 23.2 Å². The van der Waals surface area contributed by atoms with Gasteiger partial charge in [0.2, 0.25) is 0 Å². The summed E-state index contributed by atoms with van der Waals surface area (Å²) in [7, 11) is 8.84. The van der Waals surface area contributed by atoms with Crippen LogP contribution in [0.1, 0.15) is 0 Å². The predicted octanol–water partition coefficient (Wildman–Crippen LogP) is 3.29. The Balaban J connectivity index is 0.00000113. The molecule has 0 amide bonds. The average Bonchev–Trinajstić information content (AvgIpc) is 3.26. The molecule has 0 radical (unpaired) electrons. The zero-order valence-electron chi connectivity index (χ0n) is 12.9. The molecule has 0 saturated heterocycles. The summed E-state index contributed by atoms with van der Waals surface area (Å²) in [5.74, 6) is 9.94. The van der Waals surface area contributed by atoms with Crippen LogP contribution in [0.5, 0.6) is 0 Å². The van der Waals surface area contributed by atoms with Gasteiger partial charge in [-0.3, -0.25) is 0 Å². The van der Waals surface area contributed by atoms with Crippen LogP contribution in [0, 0.1) is 0 Å². The van der Waals surface area contributed by atoms with Gasteiger partial charge in [0.05, 0.1) is 0 Å². The second kappa shape index (κ2) is 12.5. The maximum atomic E-state index is 2.56. The first-order valence-corrected chi connectivity index (χ1v) is 23.1. The second-order valence-electron chi connectivity index (χ2n) is 5.07. The molecule has 25 heavy (non-hydrogen) atoms. The maximum absolute atomic E-state index is 2.56. The summed E-state index contributed by atoms with van der Waals surface area (Å²) < 4.78 is 3.70. The van der Waals surface area contributed by atoms with Crippen molar-refractivity contribution in [3.8, 4) is 0 Å². The van der Waals surface area contributed by atoms with E-state index in [1.165, 1.54) is 15.7 Å². The van der Waals surface area contributed by atoms with E-state index in [-0.39, 0.29) is 40.0 Å². The molecule has 0 nitrogen and oxygen atoms in total. The molecule has 6 atom stereocenters. The Hall–Kier alpha value is 2.82. The SMILES string of the molecule is C1=CC(P2C=CP=PP2)[C]([Zr+2][C]2=CC=CC2P2C=CP=PP2)=C1.[Cl-].[Cl-]. The molecule has 128 valence electrons. The molecule has 0 aromatic heterocycles. The van der Waals surface area contributed by atoms with Crippen LogP contribution >= 0.6 is 62.0 Å². The molecule has 11 heteroatoms. The first-order valence-electron chi connectivity index (χ1n) is 7.16. The summed E-state index contributed by atoms with van der Waals surface area (Å²) >= 11 is -0.588. The fourth-order valence-electron chi connectivity index (χ4n) is 2.62. The summed E-state index contributed by atoms with van der Waals surface area (Å²) in [6.45, 7) is 0. The van der Waals surface area contributed by atoms with E-state index in [2.05, 4.69) is 59.7 Å². The topological polar surface area (TPSA) is 0 Å². The second-order valence-corrected chi connectivity index (χ2v) is 27.8. The Morgan fingerprint density at radius 3 is 1.68 bits per heavy atom. The number of hydrogen-bond donors (Lipinski definition) is 0. The molecule has 0 saturated carbocycles. The van der Waals surface area contributed by atoms with Crippen LogP contribution in [0.3, 0.4) is 0 Å². The zero-order chi connectivity index (χ0) is 15.5. The Bertz CT molecular complexity index is 664. The predicted molar refractivity (Wildman–Crippen MR) is 118 cm³/mol. The molecule has 0 N–H and O–H groups in total. The molecule has 0 fully saturated rings. The van der Waals surface area contributed by atoms with Crippen LogP contribution in [0.4, 0.5) is 0 Å². The van der Waals surface area contributed by atoms with E-state index in [1.807, 2.05) is 6.56 Å².